The maximum absolute atomic E-state index is 13.1. The fourth-order valence-electron chi connectivity index (χ4n) is 3.71. The molecule has 5 rings (SSSR count). The van der Waals surface area contributed by atoms with E-state index in [1.54, 1.807) is 24.3 Å². The fraction of sp³-hybridized carbons (Fsp3) is 0.0385. The van der Waals surface area contributed by atoms with E-state index in [2.05, 4.69) is 14.7 Å². The molecule has 0 spiro atoms. The molecule has 0 saturated carbocycles. The third kappa shape index (κ3) is 4.94. The molecule has 3 aromatic rings. The molecule has 3 aromatic carbocycles. The van der Waals surface area contributed by atoms with Crippen LogP contribution in [0.3, 0.4) is 0 Å². The van der Waals surface area contributed by atoms with Crippen molar-refractivity contribution in [3.05, 3.63) is 119 Å². The summed E-state index contributed by atoms with van der Waals surface area (Å²) in [4.78, 5) is 24.0. The van der Waals surface area contributed by atoms with Crippen molar-refractivity contribution in [2.45, 2.75) is 11.4 Å². The van der Waals surface area contributed by atoms with E-state index in [4.69, 9.17) is 11.6 Å². The summed E-state index contributed by atoms with van der Waals surface area (Å²) < 4.78 is 28.3. The topological polar surface area (TPSA) is 91.2 Å². The van der Waals surface area contributed by atoms with E-state index in [0.717, 1.165) is 11.1 Å². The number of amidine groups is 2. The number of hydrogen-bond donors (Lipinski definition) is 1. The smallest absolute Gasteiger partial charge is 0.279 e. The Labute approximate surface area is 207 Å². The lowest BCUT2D eigenvalue weighted by Gasteiger charge is -2.20. The van der Waals surface area contributed by atoms with Gasteiger partial charge in [-0.3, -0.25) is 9.52 Å². The van der Waals surface area contributed by atoms with Crippen LogP contribution in [0.1, 0.15) is 21.5 Å². The summed E-state index contributed by atoms with van der Waals surface area (Å²) in [6, 6.07) is 19.7. The standard InChI is InChI=1S/C26H19ClN4O3S/c27-20-11-13-21(14-12-20)30-35(33,34)22-8-5-7-18(16-22)26(32)29-25-23-9-2-1-6-19(23)17-31-15-4-3-10-24(31)28-25/h1-16,30H,17H2. The van der Waals surface area contributed by atoms with Crippen LogP contribution >= 0.6 is 11.6 Å². The van der Waals surface area contributed by atoms with Crippen molar-refractivity contribution in [2.75, 3.05) is 4.72 Å². The van der Waals surface area contributed by atoms with E-state index in [-0.39, 0.29) is 16.3 Å². The van der Waals surface area contributed by atoms with E-state index in [1.165, 1.54) is 24.3 Å². The molecule has 1 amide bonds. The number of anilines is 1. The molecule has 0 fully saturated rings. The second kappa shape index (κ2) is 9.32. The summed E-state index contributed by atoms with van der Waals surface area (Å²) in [5.41, 5.74) is 2.21. The van der Waals surface area contributed by atoms with Gasteiger partial charge >= 0.3 is 0 Å². The molecule has 0 radical (unpaired) electrons. The van der Waals surface area contributed by atoms with Gasteiger partial charge < -0.3 is 4.90 Å². The molecule has 0 atom stereocenters. The maximum Gasteiger partial charge on any atom is 0.279 e. The van der Waals surface area contributed by atoms with Gasteiger partial charge in [-0.15, -0.1) is 0 Å². The largest absolute Gasteiger partial charge is 0.329 e. The van der Waals surface area contributed by atoms with Gasteiger partial charge in [-0.1, -0.05) is 48.0 Å². The lowest BCUT2D eigenvalue weighted by molar-refractivity contribution is 0.100. The average molecular weight is 503 g/mol. The lowest BCUT2D eigenvalue weighted by atomic mass is 10.1. The first-order valence-corrected chi connectivity index (χ1v) is 12.6. The number of nitrogens with one attached hydrogen (secondary N) is 1. The minimum absolute atomic E-state index is 0.0578. The number of carbonyl (C=O) groups is 1. The van der Waals surface area contributed by atoms with Crippen molar-refractivity contribution < 1.29 is 13.2 Å². The molecule has 2 heterocycles. The molecule has 2 aliphatic heterocycles. The molecule has 0 bridgehead atoms. The Hall–Kier alpha value is -4.01. The first kappa shape index (κ1) is 22.8. The zero-order valence-electron chi connectivity index (χ0n) is 18.3. The van der Waals surface area contributed by atoms with E-state index in [0.29, 0.717) is 23.1 Å². The highest BCUT2D eigenvalue weighted by Crippen LogP contribution is 2.22. The first-order valence-electron chi connectivity index (χ1n) is 10.7. The highest BCUT2D eigenvalue weighted by Gasteiger charge is 2.22. The van der Waals surface area contributed by atoms with Crippen molar-refractivity contribution in [1.29, 1.82) is 0 Å². The Morgan fingerprint density at radius 2 is 1.80 bits per heavy atom. The van der Waals surface area contributed by atoms with Crippen molar-refractivity contribution in [3.63, 3.8) is 0 Å². The van der Waals surface area contributed by atoms with Crippen LogP contribution < -0.4 is 4.72 Å². The van der Waals surface area contributed by atoms with Gasteiger partial charge in [-0.05, 0) is 60.2 Å². The highest BCUT2D eigenvalue weighted by atomic mass is 35.5. The molecular weight excluding hydrogens is 484 g/mol. The minimum atomic E-state index is -3.93. The van der Waals surface area contributed by atoms with Gasteiger partial charge in [0, 0.05) is 34.6 Å². The second-order valence-electron chi connectivity index (χ2n) is 7.84. The predicted octanol–water partition coefficient (Wildman–Crippen LogP) is 5.03. The van der Waals surface area contributed by atoms with Gasteiger partial charge in [0.2, 0.25) is 0 Å². The van der Waals surface area contributed by atoms with Crippen molar-refractivity contribution in [2.24, 2.45) is 9.98 Å². The summed E-state index contributed by atoms with van der Waals surface area (Å²) in [6.07, 6.45) is 7.55. The number of fused-ring (bicyclic) bond motifs is 2. The quantitative estimate of drug-likeness (QED) is 0.542. The van der Waals surface area contributed by atoms with Gasteiger partial charge in [-0.2, -0.15) is 4.99 Å². The van der Waals surface area contributed by atoms with Crippen LogP contribution in [0.4, 0.5) is 5.69 Å². The number of allylic oxidation sites excluding steroid dienone is 2. The molecular formula is C26H19ClN4O3S. The Bertz CT molecular complexity index is 1540. The van der Waals surface area contributed by atoms with Gasteiger partial charge in [0.05, 0.1) is 4.90 Å². The molecule has 7 nitrogen and oxygen atoms in total. The normalized spacial score (nSPS) is 15.7. The monoisotopic (exact) mass is 502 g/mol. The average Bonchev–Trinajstić information content (AvgIpc) is 3.02. The molecule has 9 heteroatoms. The van der Waals surface area contributed by atoms with Crippen LogP contribution in [-0.4, -0.2) is 30.9 Å². The maximum atomic E-state index is 13.1. The number of rotatable bonds is 4. The van der Waals surface area contributed by atoms with Crippen LogP contribution in [0.2, 0.25) is 5.02 Å². The van der Waals surface area contributed by atoms with E-state index >= 15 is 0 Å². The molecule has 174 valence electrons. The number of amides is 1. The molecule has 1 N–H and O–H groups in total. The zero-order valence-corrected chi connectivity index (χ0v) is 19.9. The van der Waals surface area contributed by atoms with Crippen molar-refractivity contribution in [3.8, 4) is 0 Å². The van der Waals surface area contributed by atoms with E-state index < -0.39 is 15.9 Å². The van der Waals surface area contributed by atoms with Gasteiger partial charge in [0.1, 0.15) is 5.84 Å². The number of sulfonamides is 1. The molecule has 2 aliphatic rings. The Balaban J connectivity index is 1.48. The van der Waals surface area contributed by atoms with Crippen molar-refractivity contribution >= 4 is 44.9 Å². The van der Waals surface area contributed by atoms with Gasteiger partial charge in [-0.25, -0.2) is 13.4 Å². The Kier molecular flexibility index (Phi) is 6.07. The zero-order chi connectivity index (χ0) is 24.4. The van der Waals surface area contributed by atoms with Crippen LogP contribution in [0, 0.1) is 0 Å². The summed E-state index contributed by atoms with van der Waals surface area (Å²) in [5, 5.41) is 0.492. The third-order valence-corrected chi connectivity index (χ3v) is 7.06. The summed E-state index contributed by atoms with van der Waals surface area (Å²) in [7, 11) is -3.93. The van der Waals surface area contributed by atoms with Crippen LogP contribution in [0.25, 0.3) is 0 Å². The Morgan fingerprint density at radius 1 is 1.00 bits per heavy atom. The highest BCUT2D eigenvalue weighted by molar-refractivity contribution is 7.92. The van der Waals surface area contributed by atoms with Gasteiger partial charge in [0.25, 0.3) is 15.9 Å². The van der Waals surface area contributed by atoms with Crippen LogP contribution in [-0.2, 0) is 16.6 Å². The predicted molar refractivity (Wildman–Crippen MR) is 137 cm³/mol. The number of benzene rings is 3. The SMILES string of the molecule is O=C(N=C1N=C2C=CC=CN2Cc2ccccc21)c1cccc(S(=O)(=O)Nc2ccc(Cl)cc2)c1. The minimum Gasteiger partial charge on any atom is -0.329 e. The molecule has 0 saturated heterocycles. The van der Waals surface area contributed by atoms with Crippen LogP contribution in [0.15, 0.2) is 112 Å². The van der Waals surface area contributed by atoms with Gasteiger partial charge in [0.15, 0.2) is 5.84 Å². The molecule has 0 aliphatic carbocycles. The number of aliphatic imine (C=N–C) groups is 2. The number of hydrogen-bond acceptors (Lipinski definition) is 4. The van der Waals surface area contributed by atoms with Crippen LogP contribution in [0.5, 0.6) is 0 Å². The molecule has 35 heavy (non-hydrogen) atoms. The summed E-state index contributed by atoms with van der Waals surface area (Å²) in [5.74, 6) is 0.348. The number of halogens is 1. The Morgan fingerprint density at radius 3 is 2.63 bits per heavy atom. The number of nitrogens with zero attached hydrogens (tertiary/aromatic N) is 3. The first-order chi connectivity index (χ1) is 16.9. The third-order valence-electron chi connectivity index (χ3n) is 5.43. The van der Waals surface area contributed by atoms with E-state index in [9.17, 15) is 13.2 Å². The lowest BCUT2D eigenvalue weighted by Crippen LogP contribution is -2.24. The number of carbonyl (C=O) groups excluding carboxylic acids is 1. The van der Waals surface area contributed by atoms with E-state index in [1.807, 2.05) is 53.6 Å². The second-order valence-corrected chi connectivity index (χ2v) is 9.96. The summed E-state index contributed by atoms with van der Waals surface area (Å²) in [6.45, 7) is 0.590. The summed E-state index contributed by atoms with van der Waals surface area (Å²) >= 11 is 5.87. The van der Waals surface area contributed by atoms with Crippen molar-refractivity contribution in [1.82, 2.24) is 4.90 Å². The fourth-order valence-corrected chi connectivity index (χ4v) is 4.94. The molecule has 0 unspecified atom stereocenters. The molecule has 0 aromatic heterocycles.